The van der Waals surface area contributed by atoms with Gasteiger partial charge in [-0.2, -0.15) is 0 Å². The van der Waals surface area contributed by atoms with E-state index in [1.54, 1.807) is 0 Å². The summed E-state index contributed by atoms with van der Waals surface area (Å²) in [7, 11) is 0. The third kappa shape index (κ3) is 3.85. The quantitative estimate of drug-likeness (QED) is 0.876. The molecule has 112 valence electrons. The lowest BCUT2D eigenvalue weighted by Gasteiger charge is -2.28. The summed E-state index contributed by atoms with van der Waals surface area (Å²) in [6, 6.07) is 18.1. The lowest BCUT2D eigenvalue weighted by atomic mass is 9.85. The predicted octanol–water partition coefficient (Wildman–Crippen LogP) is 4.30. The molecule has 0 aliphatic heterocycles. The fourth-order valence-electron chi connectivity index (χ4n) is 2.46. The Labute approximate surface area is 127 Å². The fourth-order valence-corrected chi connectivity index (χ4v) is 2.46. The van der Waals surface area contributed by atoms with E-state index in [0.717, 1.165) is 11.3 Å². The Kier molecular flexibility index (Phi) is 4.38. The minimum atomic E-state index is -0.897. The van der Waals surface area contributed by atoms with Crippen LogP contribution in [0.15, 0.2) is 54.6 Å². The fraction of sp³-hybridized carbons (Fsp3) is 0.368. The maximum atomic E-state index is 10.7. The van der Waals surface area contributed by atoms with Gasteiger partial charge in [0, 0.05) is 12.2 Å². The number of rotatable bonds is 4. The third-order valence-corrected chi connectivity index (χ3v) is 3.75. The van der Waals surface area contributed by atoms with Crippen LogP contribution in [0.1, 0.15) is 38.8 Å². The topological polar surface area (TPSA) is 32.3 Å². The zero-order chi connectivity index (χ0) is 15.5. The second kappa shape index (κ2) is 5.90. The van der Waals surface area contributed by atoms with E-state index in [1.165, 1.54) is 5.56 Å². The van der Waals surface area contributed by atoms with E-state index >= 15 is 0 Å². The highest BCUT2D eigenvalue weighted by molar-refractivity contribution is 5.54. The molecule has 0 aliphatic rings. The summed E-state index contributed by atoms with van der Waals surface area (Å²) in [5.41, 5.74) is 2.44. The summed E-state index contributed by atoms with van der Waals surface area (Å²) in [4.78, 5) is 0. The molecule has 0 saturated heterocycles. The minimum absolute atomic E-state index is 0.0716. The van der Waals surface area contributed by atoms with Crippen molar-refractivity contribution in [3.05, 3.63) is 65.7 Å². The number of hydrogen-bond acceptors (Lipinski definition) is 2. The van der Waals surface area contributed by atoms with Gasteiger partial charge in [0.15, 0.2) is 0 Å². The normalized spacial score (nSPS) is 14.5. The third-order valence-electron chi connectivity index (χ3n) is 3.75. The van der Waals surface area contributed by atoms with Crippen molar-refractivity contribution >= 4 is 5.69 Å². The van der Waals surface area contributed by atoms with E-state index in [4.69, 9.17) is 0 Å². The van der Waals surface area contributed by atoms with Crippen LogP contribution in [0.25, 0.3) is 0 Å². The van der Waals surface area contributed by atoms with Gasteiger partial charge < -0.3 is 10.4 Å². The van der Waals surface area contributed by atoms with E-state index in [1.807, 2.05) is 43.3 Å². The van der Waals surface area contributed by atoms with Crippen LogP contribution in [-0.2, 0) is 11.0 Å². The average molecular weight is 283 g/mol. The van der Waals surface area contributed by atoms with Crippen molar-refractivity contribution in [1.82, 2.24) is 0 Å². The van der Waals surface area contributed by atoms with Crippen molar-refractivity contribution < 1.29 is 5.11 Å². The zero-order valence-electron chi connectivity index (χ0n) is 13.4. The zero-order valence-corrected chi connectivity index (χ0v) is 13.4. The van der Waals surface area contributed by atoms with Crippen LogP contribution in [0.5, 0.6) is 0 Å². The summed E-state index contributed by atoms with van der Waals surface area (Å²) in [5.74, 6) is 0. The molecular formula is C19H25NO. The van der Waals surface area contributed by atoms with Crippen LogP contribution < -0.4 is 5.32 Å². The number of aliphatic hydroxyl groups is 1. The van der Waals surface area contributed by atoms with E-state index in [0.29, 0.717) is 6.54 Å². The molecule has 0 radical (unpaired) electrons. The smallest absolute Gasteiger partial charge is 0.104 e. The Morgan fingerprint density at radius 1 is 0.857 bits per heavy atom. The van der Waals surface area contributed by atoms with Gasteiger partial charge in [0.1, 0.15) is 5.60 Å². The first-order valence-electron chi connectivity index (χ1n) is 7.42. The second-order valence-corrected chi connectivity index (χ2v) is 6.79. The molecule has 0 spiro atoms. The van der Waals surface area contributed by atoms with E-state index < -0.39 is 5.60 Å². The van der Waals surface area contributed by atoms with Gasteiger partial charge in [0.25, 0.3) is 0 Å². The number of nitrogens with one attached hydrogen (secondary N) is 1. The van der Waals surface area contributed by atoms with Gasteiger partial charge in [-0.05, 0) is 29.5 Å². The van der Waals surface area contributed by atoms with Gasteiger partial charge in [0.05, 0.1) is 0 Å². The first kappa shape index (κ1) is 15.6. The summed E-state index contributed by atoms with van der Waals surface area (Å²) in [5, 5.41) is 14.1. The van der Waals surface area contributed by atoms with E-state index in [2.05, 4.69) is 44.3 Å². The number of anilines is 1. The summed E-state index contributed by atoms with van der Waals surface area (Å²) in [6.07, 6.45) is 0. The Bertz CT molecular complexity index is 582. The molecule has 0 heterocycles. The number of benzene rings is 2. The van der Waals surface area contributed by atoms with E-state index in [9.17, 15) is 5.11 Å². The standard InChI is InChI=1S/C19H25NO/c1-18(2,3)16-12-8-9-13-17(16)20-14-19(4,21)15-10-6-5-7-11-15/h5-13,20-21H,14H2,1-4H3. The maximum absolute atomic E-state index is 10.7. The van der Waals surface area contributed by atoms with Crippen LogP contribution >= 0.6 is 0 Å². The minimum Gasteiger partial charge on any atom is -0.384 e. The molecule has 0 bridgehead atoms. The highest BCUT2D eigenvalue weighted by Gasteiger charge is 2.24. The summed E-state index contributed by atoms with van der Waals surface area (Å²) >= 11 is 0. The van der Waals surface area contributed by atoms with E-state index in [-0.39, 0.29) is 5.41 Å². The highest BCUT2D eigenvalue weighted by Crippen LogP contribution is 2.30. The molecule has 0 fully saturated rings. The number of para-hydroxylation sites is 1. The van der Waals surface area contributed by atoms with Crippen LogP contribution in [0.3, 0.4) is 0 Å². The summed E-state index contributed by atoms with van der Waals surface area (Å²) < 4.78 is 0. The molecule has 1 atom stereocenters. The van der Waals surface area contributed by atoms with Crippen LogP contribution in [0, 0.1) is 0 Å². The molecule has 0 amide bonds. The van der Waals surface area contributed by atoms with Gasteiger partial charge in [-0.3, -0.25) is 0 Å². The molecular weight excluding hydrogens is 258 g/mol. The molecule has 0 saturated carbocycles. The SMILES string of the molecule is CC(C)(C)c1ccccc1NCC(C)(O)c1ccccc1. The van der Waals surface area contributed by atoms with Gasteiger partial charge in [-0.1, -0.05) is 69.3 Å². The van der Waals surface area contributed by atoms with Gasteiger partial charge in [-0.15, -0.1) is 0 Å². The van der Waals surface area contributed by atoms with Gasteiger partial charge >= 0.3 is 0 Å². The van der Waals surface area contributed by atoms with Crippen molar-refractivity contribution in [2.75, 3.05) is 11.9 Å². The van der Waals surface area contributed by atoms with Crippen molar-refractivity contribution in [3.8, 4) is 0 Å². The lowest BCUT2D eigenvalue weighted by molar-refractivity contribution is 0.0715. The lowest BCUT2D eigenvalue weighted by Crippen LogP contribution is -2.31. The predicted molar refractivity (Wildman–Crippen MR) is 89.6 cm³/mol. The van der Waals surface area contributed by atoms with Crippen molar-refractivity contribution in [1.29, 1.82) is 0 Å². The van der Waals surface area contributed by atoms with Crippen molar-refractivity contribution in [3.63, 3.8) is 0 Å². The molecule has 2 rings (SSSR count). The Balaban J connectivity index is 2.17. The monoisotopic (exact) mass is 283 g/mol. The Morgan fingerprint density at radius 3 is 2.05 bits per heavy atom. The molecule has 2 nitrogen and oxygen atoms in total. The number of hydrogen-bond donors (Lipinski definition) is 2. The average Bonchev–Trinajstić information content (AvgIpc) is 2.45. The molecule has 2 heteroatoms. The Hall–Kier alpha value is -1.80. The summed E-state index contributed by atoms with van der Waals surface area (Å²) in [6.45, 7) is 8.91. The van der Waals surface area contributed by atoms with Crippen molar-refractivity contribution in [2.45, 2.75) is 38.7 Å². The molecule has 2 aromatic rings. The van der Waals surface area contributed by atoms with Crippen LogP contribution in [0.4, 0.5) is 5.69 Å². The van der Waals surface area contributed by atoms with Gasteiger partial charge in [-0.25, -0.2) is 0 Å². The molecule has 2 aromatic carbocycles. The van der Waals surface area contributed by atoms with Gasteiger partial charge in [0.2, 0.25) is 0 Å². The highest BCUT2D eigenvalue weighted by atomic mass is 16.3. The molecule has 0 aromatic heterocycles. The molecule has 0 aliphatic carbocycles. The Morgan fingerprint density at radius 2 is 1.43 bits per heavy atom. The first-order valence-corrected chi connectivity index (χ1v) is 7.42. The maximum Gasteiger partial charge on any atom is 0.104 e. The van der Waals surface area contributed by atoms with Crippen LogP contribution in [0.2, 0.25) is 0 Å². The first-order chi connectivity index (χ1) is 9.81. The molecule has 21 heavy (non-hydrogen) atoms. The largest absolute Gasteiger partial charge is 0.384 e. The second-order valence-electron chi connectivity index (χ2n) is 6.79. The molecule has 1 unspecified atom stereocenters. The van der Waals surface area contributed by atoms with Crippen molar-refractivity contribution in [2.24, 2.45) is 0 Å². The molecule has 2 N–H and O–H groups in total. The van der Waals surface area contributed by atoms with Crippen LogP contribution in [-0.4, -0.2) is 11.7 Å².